The van der Waals surface area contributed by atoms with Crippen LogP contribution in [-0.4, -0.2) is 53.8 Å². The highest BCUT2D eigenvalue weighted by molar-refractivity contribution is 6.33. The minimum Gasteiger partial charge on any atom is -0.461 e. The number of rotatable bonds is 6. The number of aromatic amines is 1. The number of ether oxygens (including phenoxy) is 2. The van der Waals surface area contributed by atoms with E-state index in [4.69, 9.17) is 21.1 Å². The van der Waals surface area contributed by atoms with Crippen molar-refractivity contribution in [3.63, 3.8) is 0 Å². The Bertz CT molecular complexity index is 1120. The Hall–Kier alpha value is -3.10. The molecule has 0 spiro atoms. The van der Waals surface area contributed by atoms with Gasteiger partial charge < -0.3 is 24.7 Å². The van der Waals surface area contributed by atoms with Gasteiger partial charge in [-0.1, -0.05) is 11.6 Å². The van der Waals surface area contributed by atoms with Gasteiger partial charge in [0.2, 0.25) is 5.95 Å². The first-order chi connectivity index (χ1) is 15.5. The summed E-state index contributed by atoms with van der Waals surface area (Å²) >= 11 is 6.54. The SMILES string of the molecule is CCOC(=O)c1[nH]c(C)c(-c2ccnc(Nc3ccc(N4CCOCC4)c(Cl)c3)n2)c1C. The fourth-order valence-corrected chi connectivity index (χ4v) is 4.17. The lowest BCUT2D eigenvalue weighted by molar-refractivity contribution is 0.0519. The second-order valence-corrected chi connectivity index (χ2v) is 7.91. The maximum Gasteiger partial charge on any atom is 0.355 e. The van der Waals surface area contributed by atoms with Gasteiger partial charge in [0.05, 0.1) is 36.2 Å². The molecule has 32 heavy (non-hydrogen) atoms. The van der Waals surface area contributed by atoms with Crippen LogP contribution in [0.5, 0.6) is 0 Å². The minimum absolute atomic E-state index is 0.320. The Morgan fingerprint density at radius 2 is 2.06 bits per heavy atom. The van der Waals surface area contributed by atoms with Crippen molar-refractivity contribution < 1.29 is 14.3 Å². The maximum absolute atomic E-state index is 12.2. The van der Waals surface area contributed by atoms with E-state index in [-0.39, 0.29) is 5.97 Å². The number of anilines is 3. The molecule has 2 N–H and O–H groups in total. The number of carbonyl (C=O) groups excluding carboxylic acids is 1. The summed E-state index contributed by atoms with van der Waals surface area (Å²) in [6.45, 7) is 8.93. The second kappa shape index (κ2) is 9.58. The van der Waals surface area contributed by atoms with E-state index in [1.807, 2.05) is 38.1 Å². The molecule has 2 aromatic heterocycles. The molecule has 0 unspecified atom stereocenters. The van der Waals surface area contributed by atoms with Gasteiger partial charge in [-0.15, -0.1) is 0 Å². The molecule has 0 radical (unpaired) electrons. The molecule has 1 fully saturated rings. The molecule has 1 saturated heterocycles. The van der Waals surface area contributed by atoms with Crippen molar-refractivity contribution in [3.8, 4) is 11.3 Å². The van der Waals surface area contributed by atoms with Gasteiger partial charge in [0.25, 0.3) is 0 Å². The molecule has 0 atom stereocenters. The summed E-state index contributed by atoms with van der Waals surface area (Å²) < 4.78 is 10.6. The Balaban J connectivity index is 1.57. The molecule has 3 aromatic rings. The number of H-pyrrole nitrogens is 1. The number of aromatic nitrogens is 3. The zero-order valence-corrected chi connectivity index (χ0v) is 19.1. The Morgan fingerprint density at radius 3 is 2.78 bits per heavy atom. The zero-order chi connectivity index (χ0) is 22.7. The number of hydrogen-bond acceptors (Lipinski definition) is 7. The molecule has 1 aromatic carbocycles. The first kappa shape index (κ1) is 22.1. The van der Waals surface area contributed by atoms with Crippen LogP contribution < -0.4 is 10.2 Å². The predicted octanol–water partition coefficient (Wildman–Crippen LogP) is 4.50. The van der Waals surface area contributed by atoms with E-state index < -0.39 is 0 Å². The fourth-order valence-electron chi connectivity index (χ4n) is 3.87. The summed E-state index contributed by atoms with van der Waals surface area (Å²) in [4.78, 5) is 26.6. The van der Waals surface area contributed by atoms with Gasteiger partial charge in [-0.3, -0.25) is 0 Å². The van der Waals surface area contributed by atoms with E-state index in [2.05, 4.69) is 25.2 Å². The van der Waals surface area contributed by atoms with Crippen LogP contribution in [0.2, 0.25) is 5.02 Å². The summed E-state index contributed by atoms with van der Waals surface area (Å²) in [5, 5.41) is 3.88. The van der Waals surface area contributed by atoms with Gasteiger partial charge in [0.15, 0.2) is 0 Å². The molecular weight excluding hydrogens is 430 g/mol. The number of halogens is 1. The summed E-state index contributed by atoms with van der Waals surface area (Å²) in [5.74, 6) is 0.0668. The van der Waals surface area contributed by atoms with Crippen LogP contribution in [0.15, 0.2) is 30.5 Å². The quantitative estimate of drug-likeness (QED) is 0.528. The number of nitrogens with zero attached hydrogens (tertiary/aromatic N) is 3. The van der Waals surface area contributed by atoms with Crippen molar-refractivity contribution in [1.82, 2.24) is 15.0 Å². The van der Waals surface area contributed by atoms with Crippen LogP contribution in [0.3, 0.4) is 0 Å². The first-order valence-electron chi connectivity index (χ1n) is 10.6. The van der Waals surface area contributed by atoms with Crippen LogP contribution >= 0.6 is 11.6 Å². The normalized spacial score (nSPS) is 13.8. The van der Waals surface area contributed by atoms with E-state index in [0.29, 0.717) is 42.2 Å². The Kier molecular flexibility index (Phi) is 6.62. The van der Waals surface area contributed by atoms with Gasteiger partial charge in [0.1, 0.15) is 5.69 Å². The highest BCUT2D eigenvalue weighted by Gasteiger charge is 2.20. The van der Waals surface area contributed by atoms with Crippen molar-refractivity contribution in [3.05, 3.63) is 52.4 Å². The van der Waals surface area contributed by atoms with E-state index in [1.165, 1.54) is 0 Å². The highest BCUT2D eigenvalue weighted by atomic mass is 35.5. The number of morpholine rings is 1. The molecule has 9 heteroatoms. The fraction of sp³-hybridized carbons (Fsp3) is 0.348. The summed E-state index contributed by atoms with van der Waals surface area (Å²) in [6, 6.07) is 7.64. The van der Waals surface area contributed by atoms with Crippen molar-refractivity contribution in [2.75, 3.05) is 43.1 Å². The molecule has 0 aliphatic carbocycles. The third kappa shape index (κ3) is 4.56. The van der Waals surface area contributed by atoms with Crippen LogP contribution in [0.1, 0.15) is 28.7 Å². The lowest BCUT2D eigenvalue weighted by atomic mass is 10.1. The van der Waals surface area contributed by atoms with Gasteiger partial charge in [-0.25, -0.2) is 14.8 Å². The standard InChI is InChI=1S/C23H26ClN5O3/c1-4-32-22(30)21-14(2)20(15(3)26-21)18-7-8-25-23(28-18)27-16-5-6-19(17(24)13-16)29-9-11-31-12-10-29/h5-8,13,26H,4,9-12H2,1-3H3,(H,25,27,28). The van der Waals surface area contributed by atoms with E-state index in [0.717, 1.165) is 41.3 Å². The Morgan fingerprint density at radius 1 is 1.28 bits per heavy atom. The molecule has 3 heterocycles. The third-order valence-corrected chi connectivity index (χ3v) is 5.69. The smallest absolute Gasteiger partial charge is 0.355 e. The number of nitrogens with one attached hydrogen (secondary N) is 2. The second-order valence-electron chi connectivity index (χ2n) is 7.50. The monoisotopic (exact) mass is 455 g/mol. The molecule has 0 amide bonds. The summed E-state index contributed by atoms with van der Waals surface area (Å²) in [6.07, 6.45) is 1.68. The van der Waals surface area contributed by atoms with Crippen LogP contribution in [-0.2, 0) is 9.47 Å². The lowest BCUT2D eigenvalue weighted by Gasteiger charge is -2.29. The van der Waals surface area contributed by atoms with Crippen molar-refractivity contribution in [2.45, 2.75) is 20.8 Å². The summed E-state index contributed by atoms with van der Waals surface area (Å²) in [5.41, 5.74) is 5.42. The molecular formula is C23H26ClN5O3. The number of carbonyl (C=O) groups is 1. The van der Waals surface area contributed by atoms with Gasteiger partial charge in [-0.05, 0) is 50.6 Å². The lowest BCUT2D eigenvalue weighted by Crippen LogP contribution is -2.36. The number of aryl methyl sites for hydroxylation is 1. The molecule has 0 saturated carbocycles. The molecule has 168 valence electrons. The molecule has 4 rings (SSSR count). The van der Waals surface area contributed by atoms with Crippen LogP contribution in [0, 0.1) is 13.8 Å². The van der Waals surface area contributed by atoms with Gasteiger partial charge in [-0.2, -0.15) is 0 Å². The summed E-state index contributed by atoms with van der Waals surface area (Å²) in [7, 11) is 0. The van der Waals surface area contributed by atoms with E-state index in [9.17, 15) is 4.79 Å². The predicted molar refractivity (Wildman–Crippen MR) is 125 cm³/mol. The average molecular weight is 456 g/mol. The van der Waals surface area contributed by atoms with Crippen LogP contribution in [0.25, 0.3) is 11.3 Å². The number of esters is 1. The van der Waals surface area contributed by atoms with Gasteiger partial charge >= 0.3 is 5.97 Å². The highest BCUT2D eigenvalue weighted by Crippen LogP contribution is 2.32. The molecule has 0 bridgehead atoms. The average Bonchev–Trinajstić information content (AvgIpc) is 3.09. The topological polar surface area (TPSA) is 92.4 Å². The van der Waals surface area contributed by atoms with Gasteiger partial charge in [0, 0.05) is 36.2 Å². The zero-order valence-electron chi connectivity index (χ0n) is 18.4. The number of hydrogen-bond donors (Lipinski definition) is 2. The third-order valence-electron chi connectivity index (χ3n) is 5.38. The van der Waals surface area contributed by atoms with E-state index >= 15 is 0 Å². The first-order valence-corrected chi connectivity index (χ1v) is 10.9. The number of benzene rings is 1. The molecule has 8 nitrogen and oxygen atoms in total. The maximum atomic E-state index is 12.2. The Labute approximate surface area is 191 Å². The molecule has 1 aliphatic rings. The van der Waals surface area contributed by atoms with Crippen molar-refractivity contribution in [1.29, 1.82) is 0 Å². The molecule has 1 aliphatic heterocycles. The van der Waals surface area contributed by atoms with E-state index in [1.54, 1.807) is 13.1 Å². The van der Waals surface area contributed by atoms with Crippen LogP contribution in [0.4, 0.5) is 17.3 Å². The largest absolute Gasteiger partial charge is 0.461 e. The van der Waals surface area contributed by atoms with Crippen molar-refractivity contribution >= 4 is 34.9 Å². The van der Waals surface area contributed by atoms with Crippen molar-refractivity contribution in [2.24, 2.45) is 0 Å². The minimum atomic E-state index is -0.373.